The second-order valence-corrected chi connectivity index (χ2v) is 5.74. The molecule has 1 aromatic carbocycles. The van der Waals surface area contributed by atoms with E-state index in [1.807, 2.05) is 6.07 Å². The van der Waals surface area contributed by atoms with Gasteiger partial charge in [-0.1, -0.05) is 30.3 Å². The fourth-order valence-corrected chi connectivity index (χ4v) is 2.42. The quantitative estimate of drug-likeness (QED) is 0.330. The maximum Gasteiger partial charge on any atom is 0.407 e. The minimum Gasteiger partial charge on any atom is -0.445 e. The molecule has 1 aromatic rings. The number of carbonyl (C=O) groups is 2. The van der Waals surface area contributed by atoms with Gasteiger partial charge >= 0.3 is 6.09 Å². The minimum absolute atomic E-state index is 0.0386. The summed E-state index contributed by atoms with van der Waals surface area (Å²) >= 11 is 0. The van der Waals surface area contributed by atoms with Crippen LogP contribution in [0.4, 0.5) is 4.79 Å². The Kier molecular flexibility index (Phi) is 7.30. The van der Waals surface area contributed by atoms with Gasteiger partial charge in [0.1, 0.15) is 37.5 Å². The van der Waals surface area contributed by atoms with Crippen LogP contribution in [-0.4, -0.2) is 76.2 Å². The van der Waals surface area contributed by atoms with Crippen molar-refractivity contribution < 1.29 is 39.5 Å². The zero-order valence-electron chi connectivity index (χ0n) is 13.8. The summed E-state index contributed by atoms with van der Waals surface area (Å²) in [5.41, 5.74) is 0.783. The summed E-state index contributed by atoms with van der Waals surface area (Å²) < 4.78 is 9.85. The highest BCUT2D eigenvalue weighted by Gasteiger charge is 2.44. The van der Waals surface area contributed by atoms with Crippen molar-refractivity contribution >= 4 is 12.0 Å². The van der Waals surface area contributed by atoms with Gasteiger partial charge < -0.3 is 40.5 Å². The van der Waals surface area contributed by atoms with E-state index in [9.17, 15) is 24.9 Å². The molecule has 1 saturated heterocycles. The van der Waals surface area contributed by atoms with Crippen molar-refractivity contribution in [3.8, 4) is 0 Å². The molecule has 0 radical (unpaired) electrons. The molecule has 1 fully saturated rings. The molecule has 10 heteroatoms. The van der Waals surface area contributed by atoms with E-state index in [0.29, 0.717) is 0 Å². The zero-order chi connectivity index (χ0) is 19.1. The molecule has 10 nitrogen and oxygen atoms in total. The fraction of sp³-hybridized carbons (Fsp3) is 0.500. The Balaban J connectivity index is 1.75. The summed E-state index contributed by atoms with van der Waals surface area (Å²) in [6.45, 7) is -1.04. The van der Waals surface area contributed by atoms with E-state index in [-0.39, 0.29) is 6.61 Å². The van der Waals surface area contributed by atoms with E-state index in [0.717, 1.165) is 5.56 Å². The number of nitrogens with one attached hydrogen (secondary N) is 2. The number of hydrogen-bond acceptors (Lipinski definition) is 8. The van der Waals surface area contributed by atoms with Crippen LogP contribution >= 0.6 is 0 Å². The molecule has 2 rings (SSSR count). The SMILES string of the molecule is O=C(CNC(=O)OCc1ccccc1)N[C@H]1[C@H](O)[C@H](O)[C@H](CO)O[C@@H]1O. The molecule has 6 N–H and O–H groups in total. The van der Waals surface area contributed by atoms with Crippen LogP contribution in [-0.2, 0) is 20.9 Å². The van der Waals surface area contributed by atoms with Crippen LogP contribution in [0.3, 0.4) is 0 Å². The summed E-state index contributed by atoms with van der Waals surface area (Å²) in [6.07, 6.45) is -6.65. The lowest BCUT2D eigenvalue weighted by Gasteiger charge is -2.40. The molecule has 1 aliphatic heterocycles. The molecule has 0 unspecified atom stereocenters. The number of alkyl carbamates (subject to hydrolysis) is 1. The van der Waals surface area contributed by atoms with Gasteiger partial charge in [-0.05, 0) is 5.56 Å². The lowest BCUT2D eigenvalue weighted by molar-refractivity contribution is -0.253. The summed E-state index contributed by atoms with van der Waals surface area (Å²) in [5.74, 6) is -0.733. The number of aliphatic hydroxyl groups is 4. The van der Waals surface area contributed by atoms with Crippen molar-refractivity contribution in [3.63, 3.8) is 0 Å². The normalized spacial score (nSPS) is 28.2. The third kappa shape index (κ3) is 5.38. The van der Waals surface area contributed by atoms with Crippen molar-refractivity contribution in [2.45, 2.75) is 37.3 Å². The number of ether oxygens (including phenoxy) is 2. The van der Waals surface area contributed by atoms with E-state index in [1.54, 1.807) is 24.3 Å². The standard InChI is InChI=1S/C16H22N2O8/c19-7-10-13(21)14(22)12(15(23)26-10)18-11(20)6-17-16(24)25-8-9-4-2-1-3-5-9/h1-5,10,12-15,19,21-23H,6-8H2,(H,17,24)(H,18,20)/t10-,12-,13+,14-,15-/m0/s1. The van der Waals surface area contributed by atoms with Crippen LogP contribution in [0.5, 0.6) is 0 Å². The highest BCUT2D eigenvalue weighted by molar-refractivity contribution is 5.82. The van der Waals surface area contributed by atoms with Gasteiger partial charge in [-0.2, -0.15) is 0 Å². The van der Waals surface area contributed by atoms with Gasteiger partial charge in [-0.3, -0.25) is 4.79 Å². The zero-order valence-corrected chi connectivity index (χ0v) is 13.8. The van der Waals surface area contributed by atoms with Gasteiger partial charge in [-0.25, -0.2) is 4.79 Å². The van der Waals surface area contributed by atoms with Crippen LogP contribution in [0, 0.1) is 0 Å². The van der Waals surface area contributed by atoms with E-state index in [1.165, 1.54) is 0 Å². The van der Waals surface area contributed by atoms with E-state index in [4.69, 9.17) is 14.6 Å². The number of aliphatic hydroxyl groups excluding tert-OH is 4. The summed E-state index contributed by atoms with van der Waals surface area (Å²) in [4.78, 5) is 23.4. The molecule has 1 heterocycles. The topological polar surface area (TPSA) is 158 Å². The Morgan fingerprint density at radius 2 is 1.81 bits per heavy atom. The summed E-state index contributed by atoms with van der Waals surface area (Å²) in [5, 5.41) is 42.9. The molecule has 26 heavy (non-hydrogen) atoms. The Labute approximate surface area is 149 Å². The van der Waals surface area contributed by atoms with Crippen LogP contribution in [0.1, 0.15) is 5.56 Å². The predicted octanol–water partition coefficient (Wildman–Crippen LogP) is -2.17. The molecule has 144 valence electrons. The molecular weight excluding hydrogens is 348 g/mol. The molecule has 0 bridgehead atoms. The van der Waals surface area contributed by atoms with E-state index < -0.39 is 55.8 Å². The number of carbonyl (C=O) groups excluding carboxylic acids is 2. The minimum atomic E-state index is -1.63. The second kappa shape index (κ2) is 9.46. The predicted molar refractivity (Wildman–Crippen MR) is 86.5 cm³/mol. The van der Waals surface area contributed by atoms with Crippen LogP contribution < -0.4 is 10.6 Å². The Morgan fingerprint density at radius 3 is 2.46 bits per heavy atom. The molecule has 0 aromatic heterocycles. The van der Waals surface area contributed by atoms with Gasteiger partial charge in [-0.15, -0.1) is 0 Å². The Bertz CT molecular complexity index is 599. The molecular formula is C16H22N2O8. The van der Waals surface area contributed by atoms with Crippen molar-refractivity contribution in [1.82, 2.24) is 10.6 Å². The van der Waals surface area contributed by atoms with Gasteiger partial charge in [0.15, 0.2) is 6.29 Å². The maximum atomic E-state index is 11.8. The first-order valence-electron chi connectivity index (χ1n) is 7.96. The lowest BCUT2D eigenvalue weighted by atomic mass is 9.97. The smallest absolute Gasteiger partial charge is 0.407 e. The average Bonchev–Trinajstić information content (AvgIpc) is 2.65. The first-order chi connectivity index (χ1) is 12.4. The van der Waals surface area contributed by atoms with E-state index in [2.05, 4.69) is 10.6 Å². The van der Waals surface area contributed by atoms with Gasteiger partial charge in [0.25, 0.3) is 0 Å². The van der Waals surface area contributed by atoms with Crippen molar-refractivity contribution in [3.05, 3.63) is 35.9 Å². The van der Waals surface area contributed by atoms with Crippen LogP contribution in [0.15, 0.2) is 30.3 Å². The fourth-order valence-electron chi connectivity index (χ4n) is 2.42. The average molecular weight is 370 g/mol. The van der Waals surface area contributed by atoms with Crippen molar-refractivity contribution in [2.24, 2.45) is 0 Å². The largest absolute Gasteiger partial charge is 0.445 e. The number of hydrogen-bond donors (Lipinski definition) is 6. The first-order valence-corrected chi connectivity index (χ1v) is 7.96. The van der Waals surface area contributed by atoms with E-state index >= 15 is 0 Å². The van der Waals surface area contributed by atoms with Gasteiger partial charge in [0.2, 0.25) is 5.91 Å². The highest BCUT2D eigenvalue weighted by Crippen LogP contribution is 2.19. The molecule has 0 aliphatic carbocycles. The second-order valence-electron chi connectivity index (χ2n) is 5.74. The molecule has 0 saturated carbocycles. The molecule has 5 atom stereocenters. The number of amides is 2. The van der Waals surface area contributed by atoms with Crippen LogP contribution in [0.25, 0.3) is 0 Å². The highest BCUT2D eigenvalue weighted by atomic mass is 16.6. The molecule has 2 amide bonds. The molecule has 1 aliphatic rings. The van der Waals surface area contributed by atoms with Crippen molar-refractivity contribution in [2.75, 3.05) is 13.2 Å². The molecule has 0 spiro atoms. The maximum absolute atomic E-state index is 11.8. The monoisotopic (exact) mass is 370 g/mol. The van der Waals surface area contributed by atoms with Gasteiger partial charge in [0, 0.05) is 0 Å². The Morgan fingerprint density at radius 1 is 1.12 bits per heavy atom. The van der Waals surface area contributed by atoms with Crippen LogP contribution in [0.2, 0.25) is 0 Å². The number of benzene rings is 1. The lowest BCUT2D eigenvalue weighted by Crippen LogP contribution is -2.64. The summed E-state index contributed by atoms with van der Waals surface area (Å²) in [6, 6.07) is 7.65. The third-order valence-electron chi connectivity index (χ3n) is 3.83. The van der Waals surface area contributed by atoms with Crippen molar-refractivity contribution in [1.29, 1.82) is 0 Å². The number of rotatable bonds is 6. The summed E-state index contributed by atoms with van der Waals surface area (Å²) in [7, 11) is 0. The first kappa shape index (κ1) is 20.1. The third-order valence-corrected chi connectivity index (χ3v) is 3.83. The Hall–Kier alpha value is -2.24. The van der Waals surface area contributed by atoms with Gasteiger partial charge in [0.05, 0.1) is 6.61 Å².